The summed E-state index contributed by atoms with van der Waals surface area (Å²) < 4.78 is 0.0683. The van der Waals surface area contributed by atoms with Crippen LogP contribution in [0.1, 0.15) is 58.8 Å². The highest BCUT2D eigenvalue weighted by Crippen LogP contribution is 2.58. The van der Waals surface area contributed by atoms with E-state index < -0.39 is 9.58 Å². The molecule has 0 unspecified atom stereocenters. The van der Waals surface area contributed by atoms with Crippen molar-refractivity contribution in [3.05, 3.63) is 58.9 Å². The Morgan fingerprint density at radius 3 is 2.16 bits per heavy atom. The smallest absolute Gasteiger partial charge is 0.255 e. The summed E-state index contributed by atoms with van der Waals surface area (Å²) in [4.78, 5) is 29.0. The van der Waals surface area contributed by atoms with E-state index in [4.69, 9.17) is 34.8 Å². The Morgan fingerprint density at radius 1 is 1.00 bits per heavy atom. The molecule has 2 aliphatic rings. The van der Waals surface area contributed by atoms with Crippen LogP contribution in [-0.2, 0) is 18.6 Å². The predicted octanol–water partition coefficient (Wildman–Crippen LogP) is 5.27. The minimum absolute atomic E-state index is 0.00397. The number of benzene rings is 1. The minimum Gasteiger partial charge on any atom is -0.345 e. The third kappa shape index (κ3) is 4.09. The molecule has 1 saturated carbocycles. The van der Waals surface area contributed by atoms with Gasteiger partial charge in [0.05, 0.1) is 11.2 Å². The summed E-state index contributed by atoms with van der Waals surface area (Å²) in [5, 5.41) is 0. The van der Waals surface area contributed by atoms with Crippen molar-refractivity contribution in [2.45, 2.75) is 49.1 Å². The second-order valence-electron chi connectivity index (χ2n) is 9.95. The molecular weight excluding hydrogens is 469 g/mol. The number of hydrogen-bond donors (Lipinski definition) is 0. The maximum atomic E-state index is 12.7. The molecule has 2 aromatic rings. The van der Waals surface area contributed by atoms with Crippen molar-refractivity contribution in [2.24, 2.45) is 5.41 Å². The normalized spacial score (nSPS) is 19.3. The topological polar surface area (TPSA) is 45.6 Å². The van der Waals surface area contributed by atoms with Crippen LogP contribution in [0.15, 0.2) is 36.4 Å². The average molecular weight is 497 g/mol. The Morgan fingerprint density at radius 2 is 1.62 bits per heavy atom. The Labute approximate surface area is 204 Å². The number of carbonyl (C=O) groups excluding carboxylic acids is 2. The largest absolute Gasteiger partial charge is 0.345 e. The van der Waals surface area contributed by atoms with Gasteiger partial charge in [-0.1, -0.05) is 60.8 Å². The quantitative estimate of drug-likeness (QED) is 0.428. The zero-order valence-electron chi connectivity index (χ0n) is 18.8. The van der Waals surface area contributed by atoms with E-state index in [-0.39, 0.29) is 16.9 Å². The van der Waals surface area contributed by atoms with Crippen LogP contribution in [0.3, 0.4) is 0 Å². The number of fused-ring (bicyclic) bond motifs is 2. The zero-order chi connectivity index (χ0) is 23.5. The molecule has 0 atom stereocenters. The number of halogens is 3. The highest BCUT2D eigenvalue weighted by Gasteiger charge is 2.56. The van der Waals surface area contributed by atoms with Crippen molar-refractivity contribution < 1.29 is 9.59 Å². The lowest BCUT2D eigenvalue weighted by Crippen LogP contribution is -2.61. The van der Waals surface area contributed by atoms with Crippen molar-refractivity contribution in [2.75, 3.05) is 20.6 Å². The van der Waals surface area contributed by atoms with Gasteiger partial charge in [-0.3, -0.25) is 14.5 Å². The molecule has 0 bridgehead atoms. The van der Waals surface area contributed by atoms with Gasteiger partial charge in [0.15, 0.2) is 0 Å². The lowest BCUT2D eigenvalue weighted by atomic mass is 9.56. The molecule has 172 valence electrons. The van der Waals surface area contributed by atoms with E-state index in [2.05, 4.69) is 18.7 Å². The molecule has 1 fully saturated rings. The first kappa shape index (κ1) is 23.6. The predicted molar refractivity (Wildman–Crippen MR) is 129 cm³/mol. The molecule has 8 heteroatoms. The molecule has 1 amide bonds. The van der Waals surface area contributed by atoms with E-state index in [1.165, 1.54) is 0 Å². The summed E-state index contributed by atoms with van der Waals surface area (Å²) in [5.74, 6) is -0.493. The van der Waals surface area contributed by atoms with Crippen LogP contribution in [0.4, 0.5) is 0 Å². The van der Waals surface area contributed by atoms with Crippen LogP contribution in [0.25, 0.3) is 0 Å². The van der Waals surface area contributed by atoms with Gasteiger partial charge >= 0.3 is 0 Å². The van der Waals surface area contributed by atoms with E-state index in [0.717, 1.165) is 37.2 Å². The van der Waals surface area contributed by atoms with Crippen molar-refractivity contribution in [1.29, 1.82) is 0 Å². The number of amides is 1. The monoisotopic (exact) mass is 495 g/mol. The molecule has 1 aliphatic heterocycles. The Kier molecular flexibility index (Phi) is 5.94. The van der Waals surface area contributed by atoms with Crippen LogP contribution in [0.5, 0.6) is 0 Å². The highest BCUT2D eigenvalue weighted by molar-refractivity contribution is 6.77. The number of Topliss-reactive ketones (excluding diaryl/α,β-unsaturated/α-hetero) is 1. The van der Waals surface area contributed by atoms with Crippen LogP contribution < -0.4 is 0 Å². The van der Waals surface area contributed by atoms with Gasteiger partial charge in [0.1, 0.15) is 0 Å². The lowest BCUT2D eigenvalue weighted by Gasteiger charge is -2.61. The molecule has 5 nitrogen and oxygen atoms in total. The molecule has 0 N–H and O–H groups in total. The molecule has 0 radical (unpaired) electrons. The third-order valence-electron chi connectivity index (χ3n) is 6.67. The summed E-state index contributed by atoms with van der Waals surface area (Å²) in [6.45, 7) is 6.76. The fraction of sp³-hybridized carbons (Fsp3) is 0.500. The van der Waals surface area contributed by atoms with Crippen molar-refractivity contribution >= 4 is 46.5 Å². The zero-order valence-corrected chi connectivity index (χ0v) is 21.1. The SMILES string of the molecule is CN(C)C(=O)c1ccc(CN2CCn3c(C(=O)C(Cl)(Cl)Cl)ccc3C23CC(C)(C)C3)cc1. The number of alkyl halides is 3. The number of hydrogen-bond acceptors (Lipinski definition) is 3. The first-order chi connectivity index (χ1) is 14.8. The summed E-state index contributed by atoms with van der Waals surface area (Å²) in [6.07, 6.45) is 1.98. The lowest BCUT2D eigenvalue weighted by molar-refractivity contribution is -0.0968. The Bertz CT molecular complexity index is 1040. The van der Waals surface area contributed by atoms with Gasteiger partial charge in [-0.05, 0) is 48.1 Å². The van der Waals surface area contributed by atoms with E-state index in [1.54, 1.807) is 25.1 Å². The standard InChI is InChI=1S/C24H28Cl3N3O2/c1-22(2)14-23(15-22)19-10-9-18(20(31)24(25,26)27)30(19)12-11-29(23)13-16-5-7-17(8-6-16)21(32)28(3)4/h5-10H,11-15H2,1-4H3. The highest BCUT2D eigenvalue weighted by atomic mass is 35.6. The van der Waals surface area contributed by atoms with E-state index in [0.29, 0.717) is 17.8 Å². The number of carbonyl (C=O) groups is 2. The second kappa shape index (κ2) is 8.05. The maximum Gasteiger partial charge on any atom is 0.255 e. The van der Waals surface area contributed by atoms with Crippen molar-refractivity contribution in [3.63, 3.8) is 0 Å². The minimum atomic E-state index is -1.97. The van der Waals surface area contributed by atoms with Gasteiger partial charge in [-0.15, -0.1) is 0 Å². The molecule has 32 heavy (non-hydrogen) atoms. The molecule has 1 aliphatic carbocycles. The fourth-order valence-corrected chi connectivity index (χ4v) is 5.74. The number of rotatable bonds is 4. The molecule has 1 spiro atoms. The number of ketones is 1. The summed E-state index contributed by atoms with van der Waals surface area (Å²) in [7, 11) is 3.51. The van der Waals surface area contributed by atoms with Gasteiger partial charge in [0, 0.05) is 45.0 Å². The Balaban J connectivity index is 1.63. The van der Waals surface area contributed by atoms with Crippen LogP contribution in [-0.4, -0.2) is 50.5 Å². The van der Waals surface area contributed by atoms with Gasteiger partial charge in [0.2, 0.25) is 5.78 Å². The van der Waals surface area contributed by atoms with Crippen molar-refractivity contribution in [3.8, 4) is 0 Å². The van der Waals surface area contributed by atoms with E-state index >= 15 is 0 Å². The summed E-state index contributed by atoms with van der Waals surface area (Å²) in [5.41, 5.74) is 3.45. The number of nitrogens with zero attached hydrogens (tertiary/aromatic N) is 3. The molecule has 4 rings (SSSR count). The second-order valence-corrected chi connectivity index (χ2v) is 12.2. The first-order valence-corrected chi connectivity index (χ1v) is 11.8. The van der Waals surface area contributed by atoms with Crippen LogP contribution in [0.2, 0.25) is 0 Å². The van der Waals surface area contributed by atoms with Crippen molar-refractivity contribution in [1.82, 2.24) is 14.4 Å². The van der Waals surface area contributed by atoms with Gasteiger partial charge in [-0.2, -0.15) is 0 Å². The molecule has 0 saturated heterocycles. The first-order valence-electron chi connectivity index (χ1n) is 10.7. The van der Waals surface area contributed by atoms with E-state index in [9.17, 15) is 9.59 Å². The third-order valence-corrected chi connectivity index (χ3v) is 7.18. The summed E-state index contributed by atoms with van der Waals surface area (Å²) >= 11 is 17.7. The molecular formula is C24H28Cl3N3O2. The molecule has 1 aromatic heterocycles. The summed E-state index contributed by atoms with van der Waals surface area (Å²) in [6, 6.07) is 11.6. The maximum absolute atomic E-state index is 12.7. The van der Waals surface area contributed by atoms with Gasteiger partial charge in [0.25, 0.3) is 9.70 Å². The Hall–Kier alpha value is -1.53. The van der Waals surface area contributed by atoms with Gasteiger partial charge in [-0.25, -0.2) is 0 Å². The van der Waals surface area contributed by atoms with E-state index in [1.807, 2.05) is 34.9 Å². The van der Waals surface area contributed by atoms with Crippen LogP contribution >= 0.6 is 34.8 Å². The average Bonchev–Trinajstić information content (AvgIpc) is 3.12. The number of aromatic nitrogens is 1. The molecule has 2 heterocycles. The molecule has 1 aromatic carbocycles. The van der Waals surface area contributed by atoms with Crippen LogP contribution in [0, 0.1) is 5.41 Å². The fourth-order valence-electron chi connectivity index (χ4n) is 5.45. The van der Waals surface area contributed by atoms with Gasteiger partial charge < -0.3 is 9.47 Å².